The Labute approximate surface area is 121 Å². The highest BCUT2D eigenvalue weighted by Crippen LogP contribution is 2.25. The van der Waals surface area contributed by atoms with Gasteiger partial charge in [-0.15, -0.1) is 11.3 Å². The van der Waals surface area contributed by atoms with Crippen LogP contribution in [0.1, 0.15) is 15.2 Å². The molecule has 0 aliphatic rings. The van der Waals surface area contributed by atoms with E-state index in [0.717, 1.165) is 8.66 Å². The minimum absolute atomic E-state index is 0.0174. The second-order valence-electron chi connectivity index (χ2n) is 3.46. The molecule has 0 bridgehead atoms. The Balaban J connectivity index is 2.19. The summed E-state index contributed by atoms with van der Waals surface area (Å²) in [5.41, 5.74) is 0.548. The Hall–Kier alpha value is -0.350. The van der Waals surface area contributed by atoms with E-state index in [9.17, 15) is 4.79 Å². The largest absolute Gasteiger partial charge is 0.294 e. The summed E-state index contributed by atoms with van der Waals surface area (Å²) in [4.78, 5) is 13.0. The molecule has 0 fully saturated rings. The minimum Gasteiger partial charge on any atom is -0.294 e. The molecule has 1 heterocycles. The summed E-state index contributed by atoms with van der Waals surface area (Å²) in [6, 6.07) is 8.75. The Morgan fingerprint density at radius 3 is 2.35 bits per heavy atom. The third-order valence-electron chi connectivity index (χ3n) is 2.15. The van der Waals surface area contributed by atoms with Crippen LogP contribution in [0.3, 0.4) is 0 Å². The maximum absolute atomic E-state index is 12.0. The van der Waals surface area contributed by atoms with E-state index >= 15 is 0 Å². The van der Waals surface area contributed by atoms with Gasteiger partial charge in [-0.3, -0.25) is 4.79 Å². The second-order valence-corrected chi connectivity index (χ2v) is 6.88. The Kier molecular flexibility index (Phi) is 4.26. The zero-order chi connectivity index (χ0) is 12.4. The van der Waals surface area contributed by atoms with Crippen LogP contribution in [0.15, 0.2) is 34.1 Å². The van der Waals surface area contributed by atoms with Crippen molar-refractivity contribution in [1.82, 2.24) is 0 Å². The van der Waals surface area contributed by atoms with Crippen LogP contribution in [-0.4, -0.2) is 5.78 Å². The van der Waals surface area contributed by atoms with E-state index in [4.69, 9.17) is 23.2 Å². The monoisotopic (exact) mass is 348 g/mol. The van der Waals surface area contributed by atoms with Crippen molar-refractivity contribution in [1.29, 1.82) is 0 Å². The summed E-state index contributed by atoms with van der Waals surface area (Å²) in [7, 11) is 0. The molecular weight excluding hydrogens is 343 g/mol. The third-order valence-corrected chi connectivity index (χ3v) is 4.21. The van der Waals surface area contributed by atoms with E-state index in [1.807, 2.05) is 12.1 Å². The number of carbonyl (C=O) groups excluding carboxylic acids is 1. The summed E-state index contributed by atoms with van der Waals surface area (Å²) < 4.78 is 1.02. The number of carbonyl (C=O) groups is 1. The molecule has 17 heavy (non-hydrogen) atoms. The Morgan fingerprint density at radius 1 is 1.18 bits per heavy atom. The van der Waals surface area contributed by atoms with Crippen molar-refractivity contribution >= 4 is 56.3 Å². The van der Waals surface area contributed by atoms with Gasteiger partial charge in [-0.05, 0) is 46.3 Å². The van der Waals surface area contributed by atoms with Gasteiger partial charge in [0.2, 0.25) is 0 Å². The van der Waals surface area contributed by atoms with Gasteiger partial charge < -0.3 is 0 Å². The standard InChI is InChI=1S/C12H7BrCl2OS/c13-12-2-1-10(17-12)6-11(16)7-3-8(14)5-9(15)4-7/h1-5H,6H2. The fourth-order valence-electron chi connectivity index (χ4n) is 1.42. The lowest BCUT2D eigenvalue weighted by Gasteiger charge is -2.01. The van der Waals surface area contributed by atoms with E-state index < -0.39 is 0 Å². The van der Waals surface area contributed by atoms with Crippen LogP contribution in [0.5, 0.6) is 0 Å². The van der Waals surface area contributed by atoms with Crippen LogP contribution in [0, 0.1) is 0 Å². The second kappa shape index (κ2) is 5.53. The Morgan fingerprint density at radius 2 is 1.82 bits per heavy atom. The molecule has 0 saturated heterocycles. The normalized spacial score (nSPS) is 10.5. The third kappa shape index (κ3) is 3.55. The quantitative estimate of drug-likeness (QED) is 0.692. The van der Waals surface area contributed by atoms with Crippen molar-refractivity contribution in [2.45, 2.75) is 6.42 Å². The van der Waals surface area contributed by atoms with Gasteiger partial charge in [0.15, 0.2) is 5.78 Å². The van der Waals surface area contributed by atoms with Crippen LogP contribution in [0.2, 0.25) is 10.0 Å². The molecule has 0 N–H and O–H groups in total. The van der Waals surface area contributed by atoms with Crippen LogP contribution in [0.4, 0.5) is 0 Å². The molecule has 1 aromatic heterocycles. The van der Waals surface area contributed by atoms with Gasteiger partial charge in [-0.2, -0.15) is 0 Å². The average molecular weight is 350 g/mol. The average Bonchev–Trinajstić information content (AvgIpc) is 2.62. The summed E-state index contributed by atoms with van der Waals surface area (Å²) in [6.45, 7) is 0. The number of hydrogen-bond donors (Lipinski definition) is 0. The predicted octanol–water partition coefficient (Wildman–Crippen LogP) is 5.24. The Bertz CT molecular complexity index is 545. The predicted molar refractivity (Wildman–Crippen MR) is 76.5 cm³/mol. The van der Waals surface area contributed by atoms with Gasteiger partial charge in [0.1, 0.15) is 0 Å². The topological polar surface area (TPSA) is 17.1 Å². The number of thiophene rings is 1. The zero-order valence-corrected chi connectivity index (χ0v) is 12.5. The highest BCUT2D eigenvalue weighted by molar-refractivity contribution is 9.11. The van der Waals surface area contributed by atoms with Crippen molar-refractivity contribution < 1.29 is 4.79 Å². The lowest BCUT2D eigenvalue weighted by Crippen LogP contribution is -2.02. The fraction of sp³-hybridized carbons (Fsp3) is 0.0833. The van der Waals surface area contributed by atoms with Gasteiger partial charge in [-0.25, -0.2) is 0 Å². The van der Waals surface area contributed by atoms with E-state index in [-0.39, 0.29) is 5.78 Å². The summed E-state index contributed by atoms with van der Waals surface area (Å²) in [5.74, 6) is 0.0174. The van der Waals surface area contributed by atoms with Gasteiger partial charge in [0.05, 0.1) is 3.79 Å². The molecular formula is C12H7BrCl2OS. The van der Waals surface area contributed by atoms with Crippen molar-refractivity contribution in [2.75, 3.05) is 0 Å². The number of ketones is 1. The maximum Gasteiger partial charge on any atom is 0.168 e. The van der Waals surface area contributed by atoms with Crippen LogP contribution >= 0.6 is 50.5 Å². The first-order valence-corrected chi connectivity index (χ1v) is 7.14. The number of hydrogen-bond acceptors (Lipinski definition) is 2. The smallest absolute Gasteiger partial charge is 0.168 e. The van der Waals surface area contributed by atoms with E-state index in [2.05, 4.69) is 15.9 Å². The first-order chi connectivity index (χ1) is 8.04. The highest BCUT2D eigenvalue weighted by atomic mass is 79.9. The lowest BCUT2D eigenvalue weighted by atomic mass is 10.1. The molecule has 1 aromatic carbocycles. The van der Waals surface area contributed by atoms with Gasteiger partial charge in [0.25, 0.3) is 0 Å². The first-order valence-electron chi connectivity index (χ1n) is 4.78. The fourth-order valence-corrected chi connectivity index (χ4v) is 3.43. The molecule has 1 nitrogen and oxygen atoms in total. The lowest BCUT2D eigenvalue weighted by molar-refractivity contribution is 0.0994. The number of halogens is 3. The number of benzene rings is 1. The van der Waals surface area contributed by atoms with Crippen LogP contribution in [0.25, 0.3) is 0 Å². The highest BCUT2D eigenvalue weighted by Gasteiger charge is 2.10. The first kappa shape index (κ1) is 13.1. The van der Waals surface area contributed by atoms with E-state index in [0.29, 0.717) is 22.0 Å². The summed E-state index contributed by atoms with van der Waals surface area (Å²) in [5, 5.41) is 0.960. The molecule has 0 aliphatic carbocycles. The van der Waals surface area contributed by atoms with Crippen molar-refractivity contribution in [2.24, 2.45) is 0 Å². The van der Waals surface area contributed by atoms with Crippen LogP contribution < -0.4 is 0 Å². The van der Waals surface area contributed by atoms with Gasteiger partial charge in [-0.1, -0.05) is 23.2 Å². The molecule has 0 saturated carbocycles. The molecule has 0 unspecified atom stereocenters. The van der Waals surface area contributed by atoms with Crippen LogP contribution in [-0.2, 0) is 6.42 Å². The molecule has 88 valence electrons. The number of rotatable bonds is 3. The zero-order valence-electron chi connectivity index (χ0n) is 8.54. The molecule has 2 rings (SSSR count). The molecule has 5 heteroatoms. The van der Waals surface area contributed by atoms with E-state index in [1.165, 1.54) is 0 Å². The molecule has 0 aliphatic heterocycles. The van der Waals surface area contributed by atoms with E-state index in [1.54, 1.807) is 29.5 Å². The minimum atomic E-state index is 0.0174. The number of Topliss-reactive ketones (excluding diaryl/α,β-unsaturated/α-hetero) is 1. The van der Waals surface area contributed by atoms with Gasteiger partial charge >= 0.3 is 0 Å². The van der Waals surface area contributed by atoms with Gasteiger partial charge in [0, 0.05) is 26.9 Å². The molecule has 2 aromatic rings. The molecule has 0 amide bonds. The van der Waals surface area contributed by atoms with Crippen molar-refractivity contribution in [3.8, 4) is 0 Å². The van der Waals surface area contributed by atoms with Crippen molar-refractivity contribution in [3.05, 3.63) is 54.6 Å². The maximum atomic E-state index is 12.0. The van der Waals surface area contributed by atoms with Crippen molar-refractivity contribution in [3.63, 3.8) is 0 Å². The summed E-state index contributed by atoms with van der Waals surface area (Å²) >= 11 is 16.6. The SMILES string of the molecule is O=C(Cc1ccc(Br)s1)c1cc(Cl)cc(Cl)c1. The molecule has 0 radical (unpaired) electrons. The molecule has 0 spiro atoms. The summed E-state index contributed by atoms with van der Waals surface area (Å²) in [6.07, 6.45) is 0.368. The molecule has 0 atom stereocenters.